The van der Waals surface area contributed by atoms with Crippen molar-refractivity contribution in [2.24, 2.45) is 0 Å². The summed E-state index contributed by atoms with van der Waals surface area (Å²) in [5.74, 6) is 0.907. The second kappa shape index (κ2) is 3.36. The van der Waals surface area contributed by atoms with Gasteiger partial charge in [-0.05, 0) is 0 Å². The first-order valence-electron chi connectivity index (χ1n) is 2.41. The summed E-state index contributed by atoms with van der Waals surface area (Å²) in [6.45, 7) is 0. The molecule has 1 aromatic rings. The quantitative estimate of drug-likeness (QED) is 0.783. The van der Waals surface area contributed by atoms with Crippen molar-refractivity contribution in [2.45, 2.75) is 0 Å². The van der Waals surface area contributed by atoms with Gasteiger partial charge in [-0.15, -0.1) is 0 Å². The van der Waals surface area contributed by atoms with Gasteiger partial charge in [0.1, 0.15) is 0 Å². The Morgan fingerprint density at radius 1 is 1.56 bits per heavy atom. The number of nitrogens with zero attached hydrogens (tertiary/aromatic N) is 1. The zero-order valence-corrected chi connectivity index (χ0v) is 9.88. The van der Waals surface area contributed by atoms with Crippen LogP contribution >= 0.6 is 11.6 Å². The number of hydrogen-bond acceptors (Lipinski definition) is 2. The molecule has 0 atom stereocenters. The molecule has 0 amide bonds. The van der Waals surface area contributed by atoms with Crippen molar-refractivity contribution in [1.29, 1.82) is 0 Å². The average molecular weight is 332 g/mol. The van der Waals surface area contributed by atoms with Crippen LogP contribution in [-0.2, 0) is 0 Å². The number of aromatic nitrogens is 1. The van der Waals surface area contributed by atoms with Crippen LogP contribution in [0.3, 0.4) is 0 Å². The number of anilines is 1. The van der Waals surface area contributed by atoms with Crippen LogP contribution in [0.25, 0.3) is 0 Å². The molecule has 44 valence electrons. The van der Waals surface area contributed by atoms with E-state index >= 15 is 0 Å². The molecule has 0 unspecified atom stereocenters. The monoisotopic (exact) mass is 332 g/mol. The van der Waals surface area contributed by atoms with Crippen LogP contribution in [0.5, 0.6) is 0 Å². The van der Waals surface area contributed by atoms with Crippen LogP contribution in [0.4, 0.5) is 5.82 Å². The molecule has 1 heterocycles. The Kier molecular flexibility index (Phi) is 2.71. The minimum atomic E-state index is 0.680. The van der Waals surface area contributed by atoms with E-state index in [1.54, 1.807) is 6.20 Å². The summed E-state index contributed by atoms with van der Waals surface area (Å²) in [6.07, 6.45) is 1.63. The van der Waals surface area contributed by atoms with Gasteiger partial charge >= 0.3 is 74.9 Å². The van der Waals surface area contributed by atoms with Gasteiger partial charge in [0.05, 0.1) is 0 Å². The molecule has 0 bridgehead atoms. The van der Waals surface area contributed by atoms with E-state index in [-0.39, 0.29) is 0 Å². The van der Waals surface area contributed by atoms with E-state index in [9.17, 15) is 0 Å². The van der Waals surface area contributed by atoms with E-state index in [0.717, 1.165) is 31.9 Å². The third kappa shape index (κ3) is 2.10. The first-order valence-corrected chi connectivity index (χ1v) is 5.03. The van der Waals surface area contributed by atoms with Crippen molar-refractivity contribution in [1.82, 2.24) is 4.98 Å². The van der Waals surface area contributed by atoms with Crippen molar-refractivity contribution in [2.75, 3.05) is 3.13 Å². The molecule has 0 aromatic carbocycles. The molecule has 1 N–H and O–H groups in total. The van der Waals surface area contributed by atoms with Crippen LogP contribution in [-0.4, -0.2) is 31.0 Å². The average Bonchev–Trinajstić information content (AvgIpc) is 1.90. The Bertz CT molecular complexity index is 187. The van der Waals surface area contributed by atoms with E-state index in [4.69, 9.17) is 11.6 Å². The number of hydrogen-bond donors (Lipinski definition) is 1. The predicted octanol–water partition coefficient (Wildman–Crippen LogP) is 1.23. The first kappa shape index (κ1) is 7.27. The van der Waals surface area contributed by atoms with Gasteiger partial charge in [-0.25, -0.2) is 0 Å². The second-order valence-corrected chi connectivity index (χ2v) is 3.06. The Labute approximate surface area is 74.7 Å². The van der Waals surface area contributed by atoms with Crippen LogP contribution in [0, 0.1) is 0 Å². The van der Waals surface area contributed by atoms with Crippen LogP contribution in [0.1, 0.15) is 0 Å². The molecule has 0 spiro atoms. The SMILES string of the molecule is Clc1ccc([NH][Tl])nc1. The normalized spacial score (nSPS) is 8.89. The van der Waals surface area contributed by atoms with Gasteiger partial charge in [-0.3, -0.25) is 0 Å². The molecular formula is C5H4ClN2Tl. The number of rotatable bonds is 1. The molecule has 0 aliphatic rings. The second-order valence-electron chi connectivity index (χ2n) is 1.51. The van der Waals surface area contributed by atoms with Crippen molar-refractivity contribution in [3.8, 4) is 0 Å². The van der Waals surface area contributed by atoms with Crippen molar-refractivity contribution < 1.29 is 0 Å². The number of halogens is 1. The Balaban J connectivity index is 2.88. The molecule has 2 nitrogen and oxygen atoms in total. The van der Waals surface area contributed by atoms with Gasteiger partial charge in [0.15, 0.2) is 0 Å². The molecule has 4 heteroatoms. The Morgan fingerprint density at radius 2 is 2.33 bits per heavy atom. The van der Waals surface area contributed by atoms with E-state index < -0.39 is 0 Å². The molecule has 1 aromatic heterocycles. The summed E-state index contributed by atoms with van der Waals surface area (Å²) in [5, 5.41) is 0.680. The zero-order chi connectivity index (χ0) is 6.69. The first-order chi connectivity index (χ1) is 4.33. The van der Waals surface area contributed by atoms with Gasteiger partial charge in [0, 0.05) is 0 Å². The maximum absolute atomic E-state index is 5.59. The zero-order valence-electron chi connectivity index (χ0n) is 4.63. The molecule has 0 fully saturated rings. The van der Waals surface area contributed by atoms with Crippen molar-refractivity contribution >= 4 is 43.5 Å². The fraction of sp³-hybridized carbons (Fsp3) is 0. The topological polar surface area (TPSA) is 24.9 Å². The van der Waals surface area contributed by atoms with Crippen molar-refractivity contribution in [3.05, 3.63) is 23.4 Å². The van der Waals surface area contributed by atoms with Gasteiger partial charge in [-0.1, -0.05) is 0 Å². The molecule has 0 saturated carbocycles. The van der Waals surface area contributed by atoms with E-state index in [1.807, 2.05) is 12.1 Å². The summed E-state index contributed by atoms with van der Waals surface area (Å²) in [5.41, 5.74) is 0. The molecule has 0 radical (unpaired) electrons. The molecule has 0 saturated heterocycles. The molecule has 0 aliphatic carbocycles. The van der Waals surface area contributed by atoms with Gasteiger partial charge in [-0.2, -0.15) is 0 Å². The van der Waals surface area contributed by atoms with E-state index in [1.165, 1.54) is 0 Å². The maximum atomic E-state index is 5.59. The third-order valence-electron chi connectivity index (χ3n) is 0.875. The molecular weight excluding hydrogens is 328 g/mol. The van der Waals surface area contributed by atoms with Gasteiger partial charge < -0.3 is 0 Å². The Hall–Kier alpha value is 0.162. The van der Waals surface area contributed by atoms with Crippen LogP contribution in [0.2, 0.25) is 5.02 Å². The van der Waals surface area contributed by atoms with E-state index in [0.29, 0.717) is 5.02 Å². The number of nitrogens with one attached hydrogen (secondary N) is 1. The summed E-state index contributed by atoms with van der Waals surface area (Å²) >= 11 is 6.33. The third-order valence-corrected chi connectivity index (χ3v) is 2.25. The van der Waals surface area contributed by atoms with Gasteiger partial charge in [0.25, 0.3) is 0 Å². The van der Waals surface area contributed by atoms with E-state index in [2.05, 4.69) is 8.11 Å². The minimum absolute atomic E-state index is 0.680. The summed E-state index contributed by atoms with van der Waals surface area (Å²) in [6, 6.07) is 3.68. The van der Waals surface area contributed by atoms with Gasteiger partial charge in [0.2, 0.25) is 0 Å². The number of pyridine rings is 1. The summed E-state index contributed by atoms with van der Waals surface area (Å²) < 4.78 is 3.05. The summed E-state index contributed by atoms with van der Waals surface area (Å²) in [7, 11) is 0. The molecule has 0 aliphatic heterocycles. The predicted molar refractivity (Wildman–Crippen MR) is 38.6 cm³/mol. The fourth-order valence-corrected chi connectivity index (χ4v) is 1.24. The summed E-state index contributed by atoms with van der Waals surface area (Å²) in [4.78, 5) is 4.00. The standard InChI is InChI=1S/C5H4ClN2.Tl/c6-4-1-2-5(7)8-3-4;/h1-3H,(H-,7,8);/q-1;+1. The fourth-order valence-electron chi connectivity index (χ4n) is 0.461. The molecule has 1 rings (SSSR count). The van der Waals surface area contributed by atoms with Crippen LogP contribution in [0.15, 0.2) is 18.3 Å². The molecule has 9 heavy (non-hydrogen) atoms. The van der Waals surface area contributed by atoms with Crippen molar-refractivity contribution in [3.63, 3.8) is 0 Å². The van der Waals surface area contributed by atoms with Crippen LogP contribution < -0.4 is 3.13 Å². The Morgan fingerprint density at radius 3 is 2.78 bits per heavy atom.